The van der Waals surface area contributed by atoms with Crippen LogP contribution >= 0.6 is 0 Å². The van der Waals surface area contributed by atoms with Crippen LogP contribution in [0.2, 0.25) is 0 Å². The average Bonchev–Trinajstić information content (AvgIpc) is 1.41. The zero-order valence-corrected chi connectivity index (χ0v) is 24.9. The molecule has 0 bridgehead atoms. The second-order valence-electron chi connectivity index (χ2n) is 1.22. The molecule has 0 aromatic heterocycles. The third-order valence-corrected chi connectivity index (χ3v) is 0. The predicted octanol–water partition coefficient (Wildman–Crippen LogP) is -11.0. The molecule has 0 radical (unpaired) electrons. The van der Waals surface area contributed by atoms with Crippen molar-refractivity contribution in [3.63, 3.8) is 0 Å². The molecule has 0 rings (SSSR count). The van der Waals surface area contributed by atoms with Gasteiger partial charge in [-0.15, -0.1) is 0 Å². The van der Waals surface area contributed by atoms with Crippen LogP contribution in [0.25, 0.3) is 0 Å². The standard InChI is InChI=1S/Au.3Na.3H2O2S3/c;;;;3*1-5(2,3)4/h;;;;3*(H2,1,2,3,4)/q+3;3*+1;;;/p-6. The number of hydrogen-bond donors (Lipinski definition) is 0. The smallest absolute Gasteiger partial charge is 0.801 e. The molecule has 0 saturated carbocycles. The molecule has 0 atom stereocenters. The Morgan fingerprint density at radius 1 is 0.421 bits per heavy atom. The van der Waals surface area contributed by atoms with E-state index in [1.165, 1.54) is 0 Å². The first kappa shape index (κ1) is 44.4. The van der Waals surface area contributed by atoms with Crippen molar-refractivity contribution in [2.45, 2.75) is 0 Å². The van der Waals surface area contributed by atoms with E-state index in [2.05, 4.69) is 67.1 Å². The molecular formula is AuNa3O6S9. The normalized spacial score (nSPS) is 9.16. The van der Waals surface area contributed by atoms with Gasteiger partial charge < -0.3 is 27.3 Å². The number of hydrogen-bond acceptors (Lipinski definition) is 12. The molecule has 6 nitrogen and oxygen atoms in total. The van der Waals surface area contributed by atoms with Gasteiger partial charge in [-0.05, 0) is 0 Å². The summed E-state index contributed by atoms with van der Waals surface area (Å²) in [5, 5.41) is 0. The van der Waals surface area contributed by atoms with Crippen molar-refractivity contribution < 1.29 is 138 Å². The molecule has 0 aliphatic rings. The van der Waals surface area contributed by atoms with Crippen molar-refractivity contribution >= 4 is 90.3 Å². The molecule has 0 saturated heterocycles. The summed E-state index contributed by atoms with van der Waals surface area (Å²) in [7, 11) is -10.5. The molecule has 104 valence electrons. The molecule has 0 fully saturated rings. The van der Waals surface area contributed by atoms with Gasteiger partial charge in [-0.2, -0.15) is 0 Å². The maximum atomic E-state index is 9.26. The zero-order chi connectivity index (χ0) is 13.5. The van der Waals surface area contributed by atoms with Crippen molar-refractivity contribution in [2.24, 2.45) is 0 Å². The summed E-state index contributed by atoms with van der Waals surface area (Å²) >= 11 is 21.7. The quantitative estimate of drug-likeness (QED) is 0.230. The van der Waals surface area contributed by atoms with Gasteiger partial charge in [-0.3, -0.25) is 0 Å². The summed E-state index contributed by atoms with van der Waals surface area (Å²) in [6, 6.07) is 0. The Labute approximate surface area is 223 Å². The van der Waals surface area contributed by atoms with Crippen LogP contribution in [0.3, 0.4) is 0 Å². The van der Waals surface area contributed by atoms with E-state index in [4.69, 9.17) is 0 Å². The van der Waals surface area contributed by atoms with Gasteiger partial charge in [-0.25, -0.2) is 23.1 Å². The van der Waals surface area contributed by atoms with Crippen LogP contribution in [0.4, 0.5) is 0 Å². The van der Waals surface area contributed by atoms with E-state index < -0.39 is 23.1 Å². The molecule has 0 amide bonds. The predicted molar refractivity (Wildman–Crippen MR) is 70.9 cm³/mol. The van der Waals surface area contributed by atoms with Gasteiger partial charge >= 0.3 is 111 Å². The molecule has 0 N–H and O–H groups in total. The zero-order valence-electron chi connectivity index (χ0n) is 9.43. The van der Waals surface area contributed by atoms with E-state index in [0.29, 0.717) is 0 Å². The molecule has 0 spiro atoms. The minimum Gasteiger partial charge on any atom is -0.801 e. The first-order valence-electron chi connectivity index (χ1n) is 2.00. The topological polar surface area (TPSA) is 138 Å². The number of rotatable bonds is 0. The molecule has 0 heterocycles. The van der Waals surface area contributed by atoms with E-state index >= 15 is 0 Å². The summed E-state index contributed by atoms with van der Waals surface area (Å²) in [5.74, 6) is 0. The monoisotopic (exact) mass is 650 g/mol. The minimum atomic E-state index is -3.50. The van der Waals surface area contributed by atoms with Crippen LogP contribution in [-0.2, 0) is 113 Å². The summed E-state index contributed by atoms with van der Waals surface area (Å²) in [6.45, 7) is 0. The van der Waals surface area contributed by atoms with Crippen molar-refractivity contribution in [1.82, 2.24) is 0 Å². The van der Waals surface area contributed by atoms with Gasteiger partial charge in [-0.1, -0.05) is 67.1 Å². The molecule has 19 heavy (non-hydrogen) atoms. The fourth-order valence-electron chi connectivity index (χ4n) is 0. The SMILES string of the molecule is [Au+3].[Na+].[Na+].[Na+].[O-]S([O-])(=S)=S.[O-]S([O-])(=S)=S.[O-]S([O-])(=S)=S. The van der Waals surface area contributed by atoms with E-state index in [1.54, 1.807) is 0 Å². The fourth-order valence-corrected chi connectivity index (χ4v) is 0. The van der Waals surface area contributed by atoms with Crippen LogP contribution in [0.5, 0.6) is 0 Å². The van der Waals surface area contributed by atoms with Crippen LogP contribution in [0.15, 0.2) is 0 Å². The summed E-state index contributed by atoms with van der Waals surface area (Å²) in [4.78, 5) is 0. The van der Waals surface area contributed by atoms with Gasteiger partial charge in [0.25, 0.3) is 0 Å². The van der Waals surface area contributed by atoms with E-state index in [1.807, 2.05) is 0 Å². The Morgan fingerprint density at radius 2 is 0.421 bits per heavy atom. The van der Waals surface area contributed by atoms with Gasteiger partial charge in [0.1, 0.15) is 0 Å². The Hall–Kier alpha value is 5.87. The van der Waals surface area contributed by atoms with Gasteiger partial charge in [0.15, 0.2) is 0 Å². The Bertz CT molecular complexity index is 353. The summed E-state index contributed by atoms with van der Waals surface area (Å²) in [6.07, 6.45) is 0. The third-order valence-electron chi connectivity index (χ3n) is 0. The Kier molecular flexibility index (Phi) is 51.2. The largest absolute Gasteiger partial charge is 3.00 e. The van der Waals surface area contributed by atoms with Crippen LogP contribution in [0, 0.1) is 0 Å². The van der Waals surface area contributed by atoms with Crippen LogP contribution < -0.4 is 88.7 Å². The molecular weight excluding hydrogens is 651 g/mol. The van der Waals surface area contributed by atoms with Gasteiger partial charge in [0.2, 0.25) is 0 Å². The molecule has 0 aliphatic heterocycles. The van der Waals surface area contributed by atoms with E-state index in [-0.39, 0.29) is 111 Å². The second-order valence-corrected chi connectivity index (χ2v) is 13.5. The second kappa shape index (κ2) is 21.9. The molecule has 0 aromatic carbocycles. The van der Waals surface area contributed by atoms with Crippen molar-refractivity contribution in [1.29, 1.82) is 0 Å². The average molecular weight is 651 g/mol. The summed E-state index contributed by atoms with van der Waals surface area (Å²) in [5.41, 5.74) is 0. The third kappa shape index (κ3) is 331. The first-order chi connectivity index (χ1) is 6.00. The van der Waals surface area contributed by atoms with Gasteiger partial charge in [0, 0.05) is 0 Å². The van der Waals surface area contributed by atoms with Crippen LogP contribution in [-0.4, -0.2) is 27.3 Å². The molecule has 0 unspecified atom stereocenters. The fraction of sp³-hybridized carbons (Fsp3) is 0. The van der Waals surface area contributed by atoms with E-state index in [0.717, 1.165) is 0 Å². The Morgan fingerprint density at radius 3 is 0.421 bits per heavy atom. The summed E-state index contributed by atoms with van der Waals surface area (Å²) < 4.78 is 55.6. The van der Waals surface area contributed by atoms with Gasteiger partial charge in [0.05, 0.1) is 0 Å². The maximum absolute atomic E-state index is 9.26. The minimum absolute atomic E-state index is 0. The maximum Gasteiger partial charge on any atom is 3.00 e. The molecule has 0 aliphatic carbocycles. The van der Waals surface area contributed by atoms with Crippen LogP contribution in [0.1, 0.15) is 0 Å². The van der Waals surface area contributed by atoms with Crippen molar-refractivity contribution in [2.75, 3.05) is 0 Å². The molecule has 19 heteroatoms. The van der Waals surface area contributed by atoms with Crippen molar-refractivity contribution in [3.05, 3.63) is 0 Å². The van der Waals surface area contributed by atoms with E-state index in [9.17, 15) is 27.3 Å². The van der Waals surface area contributed by atoms with Crippen molar-refractivity contribution in [3.8, 4) is 0 Å². The molecule has 0 aromatic rings. The Balaban J connectivity index is -0.0000000206. The first-order valence-corrected chi connectivity index (χ1v) is 12.0.